The Morgan fingerprint density at radius 2 is 1.77 bits per heavy atom. The van der Waals surface area contributed by atoms with Crippen molar-refractivity contribution in [1.82, 2.24) is 9.29 Å². The van der Waals surface area contributed by atoms with E-state index in [9.17, 15) is 17.6 Å². The van der Waals surface area contributed by atoms with E-state index in [0.29, 0.717) is 35.2 Å². The second kappa shape index (κ2) is 7.65. The van der Waals surface area contributed by atoms with Crippen molar-refractivity contribution in [3.05, 3.63) is 64.2 Å². The van der Waals surface area contributed by atoms with Crippen LogP contribution in [0, 0.1) is 5.82 Å². The van der Waals surface area contributed by atoms with Crippen LogP contribution >= 0.6 is 0 Å². The molecule has 1 aliphatic heterocycles. The standard InChI is InChI=1S/C22H21FN2O5S/c23-17-7-3-4-8-21(17)31(27,28)25(16-5-1-2-6-16)12-15-9-14-10-19-20(30-13-29-19)11-18(14)24-22(15)26/h3-4,7-11,16H,1-2,5-6,12-13H2,(H,24,26). The maximum Gasteiger partial charge on any atom is 0.252 e. The van der Waals surface area contributed by atoms with Gasteiger partial charge in [0.15, 0.2) is 11.5 Å². The summed E-state index contributed by atoms with van der Waals surface area (Å²) in [6, 6.07) is 10.2. The average molecular weight is 444 g/mol. The number of H-pyrrole nitrogens is 1. The predicted molar refractivity (Wildman–Crippen MR) is 112 cm³/mol. The van der Waals surface area contributed by atoms with Gasteiger partial charge in [0, 0.05) is 29.6 Å². The first-order valence-corrected chi connectivity index (χ1v) is 11.6. The van der Waals surface area contributed by atoms with Crippen LogP contribution in [0.5, 0.6) is 11.5 Å². The van der Waals surface area contributed by atoms with Gasteiger partial charge in [0.25, 0.3) is 5.56 Å². The number of fused-ring (bicyclic) bond motifs is 2. The van der Waals surface area contributed by atoms with Crippen molar-refractivity contribution in [2.75, 3.05) is 6.79 Å². The monoisotopic (exact) mass is 444 g/mol. The molecule has 9 heteroatoms. The van der Waals surface area contributed by atoms with E-state index in [0.717, 1.165) is 18.9 Å². The van der Waals surface area contributed by atoms with Crippen molar-refractivity contribution >= 4 is 20.9 Å². The Balaban J connectivity index is 1.58. The molecular weight excluding hydrogens is 423 g/mol. The summed E-state index contributed by atoms with van der Waals surface area (Å²) in [5, 5.41) is 0.702. The Labute approximate surface area is 178 Å². The Hall–Kier alpha value is -2.91. The minimum Gasteiger partial charge on any atom is -0.454 e. The quantitative estimate of drug-likeness (QED) is 0.650. The van der Waals surface area contributed by atoms with E-state index in [1.807, 2.05) is 0 Å². The fraction of sp³-hybridized carbons (Fsp3) is 0.318. The molecule has 0 saturated heterocycles. The molecule has 0 spiro atoms. The van der Waals surface area contributed by atoms with E-state index >= 15 is 0 Å². The number of pyridine rings is 1. The van der Waals surface area contributed by atoms with Gasteiger partial charge in [0.05, 0.1) is 5.52 Å². The van der Waals surface area contributed by atoms with Crippen LogP contribution in [-0.4, -0.2) is 30.5 Å². The molecule has 31 heavy (non-hydrogen) atoms. The summed E-state index contributed by atoms with van der Waals surface area (Å²) in [5.74, 6) is 0.313. The molecule has 1 aromatic heterocycles. The SMILES string of the molecule is O=c1[nH]c2cc3c(cc2cc1CN(C1CCCC1)S(=O)(=O)c1ccccc1F)OCO3. The summed E-state index contributed by atoms with van der Waals surface area (Å²) in [7, 11) is -4.13. The number of sulfonamides is 1. The molecule has 3 aromatic rings. The lowest BCUT2D eigenvalue weighted by atomic mass is 10.1. The molecule has 162 valence electrons. The molecule has 5 rings (SSSR count). The van der Waals surface area contributed by atoms with Crippen LogP contribution in [0.25, 0.3) is 10.9 Å². The first-order chi connectivity index (χ1) is 14.9. The van der Waals surface area contributed by atoms with Crippen molar-refractivity contribution in [3.8, 4) is 11.5 Å². The minimum atomic E-state index is -4.13. The largest absolute Gasteiger partial charge is 0.454 e. The normalized spacial score (nSPS) is 16.5. The molecule has 1 saturated carbocycles. The highest BCUT2D eigenvalue weighted by molar-refractivity contribution is 7.89. The zero-order valence-electron chi connectivity index (χ0n) is 16.6. The van der Waals surface area contributed by atoms with E-state index in [4.69, 9.17) is 9.47 Å². The molecule has 2 aromatic carbocycles. The maximum atomic E-state index is 14.4. The summed E-state index contributed by atoms with van der Waals surface area (Å²) in [4.78, 5) is 15.2. The number of nitrogens with one attached hydrogen (secondary N) is 1. The number of hydrogen-bond acceptors (Lipinski definition) is 5. The van der Waals surface area contributed by atoms with Gasteiger partial charge in [0.2, 0.25) is 16.8 Å². The smallest absolute Gasteiger partial charge is 0.252 e. The molecule has 2 aliphatic rings. The second-order valence-electron chi connectivity index (χ2n) is 7.84. The Bertz CT molecular complexity index is 1320. The third-order valence-corrected chi connectivity index (χ3v) is 7.83. The third kappa shape index (κ3) is 3.57. The van der Waals surface area contributed by atoms with Gasteiger partial charge in [0.1, 0.15) is 10.7 Å². The Morgan fingerprint density at radius 3 is 2.52 bits per heavy atom. The van der Waals surface area contributed by atoms with Gasteiger partial charge in [-0.25, -0.2) is 12.8 Å². The number of aromatic nitrogens is 1. The molecule has 0 amide bonds. The first-order valence-electron chi connectivity index (χ1n) is 10.2. The van der Waals surface area contributed by atoms with Crippen LogP contribution in [-0.2, 0) is 16.6 Å². The van der Waals surface area contributed by atoms with Crippen molar-refractivity contribution in [1.29, 1.82) is 0 Å². The topological polar surface area (TPSA) is 88.7 Å². The van der Waals surface area contributed by atoms with Gasteiger partial charge in [-0.1, -0.05) is 25.0 Å². The highest BCUT2D eigenvalue weighted by Gasteiger charge is 2.35. The van der Waals surface area contributed by atoms with Crippen molar-refractivity contribution in [2.24, 2.45) is 0 Å². The fourth-order valence-corrected chi connectivity index (χ4v) is 6.04. The lowest BCUT2D eigenvalue weighted by molar-refractivity contribution is 0.174. The highest BCUT2D eigenvalue weighted by atomic mass is 32.2. The second-order valence-corrected chi connectivity index (χ2v) is 9.69. The van der Waals surface area contributed by atoms with Crippen LogP contribution in [0.2, 0.25) is 0 Å². The van der Waals surface area contributed by atoms with Gasteiger partial charge >= 0.3 is 0 Å². The molecule has 2 heterocycles. The van der Waals surface area contributed by atoms with E-state index in [-0.39, 0.29) is 29.8 Å². The number of aromatic amines is 1. The van der Waals surface area contributed by atoms with E-state index in [1.54, 1.807) is 18.2 Å². The summed E-state index contributed by atoms with van der Waals surface area (Å²) in [6.45, 7) is -0.0276. The molecule has 0 radical (unpaired) electrons. The van der Waals surface area contributed by atoms with E-state index in [1.165, 1.54) is 22.5 Å². The number of rotatable bonds is 5. The molecular formula is C22H21FN2O5S. The summed E-state index contributed by atoms with van der Waals surface area (Å²) >= 11 is 0. The molecule has 1 fully saturated rings. The fourth-order valence-electron chi connectivity index (χ4n) is 4.31. The van der Waals surface area contributed by atoms with Crippen LogP contribution < -0.4 is 15.0 Å². The summed E-state index contributed by atoms with van der Waals surface area (Å²) in [6.07, 6.45) is 3.15. The molecule has 1 aliphatic carbocycles. The third-order valence-electron chi connectivity index (χ3n) is 5.90. The number of nitrogens with zero attached hydrogens (tertiary/aromatic N) is 1. The molecule has 0 atom stereocenters. The zero-order valence-corrected chi connectivity index (χ0v) is 17.5. The minimum absolute atomic E-state index is 0.110. The van der Waals surface area contributed by atoms with Crippen molar-refractivity contribution in [2.45, 2.75) is 43.2 Å². The number of benzene rings is 2. The van der Waals surface area contributed by atoms with E-state index < -0.39 is 21.4 Å². The van der Waals surface area contributed by atoms with E-state index in [2.05, 4.69) is 4.98 Å². The van der Waals surface area contributed by atoms with Crippen molar-refractivity contribution in [3.63, 3.8) is 0 Å². The maximum absolute atomic E-state index is 14.4. The van der Waals surface area contributed by atoms with Gasteiger partial charge in [-0.15, -0.1) is 0 Å². The molecule has 0 unspecified atom stereocenters. The van der Waals surface area contributed by atoms with Gasteiger partial charge in [-0.2, -0.15) is 4.31 Å². The van der Waals surface area contributed by atoms with Gasteiger partial charge in [-0.3, -0.25) is 4.79 Å². The summed E-state index contributed by atoms with van der Waals surface area (Å²) < 4.78 is 53.2. The Morgan fingerprint density at radius 1 is 1.06 bits per heavy atom. The number of hydrogen-bond donors (Lipinski definition) is 1. The lowest BCUT2D eigenvalue weighted by Crippen LogP contribution is -2.40. The highest BCUT2D eigenvalue weighted by Crippen LogP contribution is 2.36. The van der Waals surface area contributed by atoms with Crippen molar-refractivity contribution < 1.29 is 22.3 Å². The summed E-state index contributed by atoms with van der Waals surface area (Å²) in [5.41, 5.74) is 0.471. The predicted octanol–water partition coefficient (Wildman–Crippen LogP) is 3.53. The molecule has 7 nitrogen and oxygen atoms in total. The van der Waals surface area contributed by atoms with Gasteiger partial charge in [-0.05, 0) is 37.1 Å². The van der Waals surface area contributed by atoms with Crippen LogP contribution in [0.1, 0.15) is 31.2 Å². The number of halogens is 1. The zero-order chi connectivity index (χ0) is 21.6. The lowest BCUT2D eigenvalue weighted by Gasteiger charge is -2.28. The molecule has 1 N–H and O–H groups in total. The first kappa shape index (κ1) is 20.0. The number of ether oxygens (including phenoxy) is 2. The molecule has 0 bridgehead atoms. The van der Waals surface area contributed by atoms with Crippen LogP contribution in [0.3, 0.4) is 0 Å². The van der Waals surface area contributed by atoms with Crippen LogP contribution in [0.15, 0.2) is 52.2 Å². The average Bonchev–Trinajstić information content (AvgIpc) is 3.42. The van der Waals surface area contributed by atoms with Gasteiger partial charge < -0.3 is 14.5 Å². The Kier molecular flexibility index (Phi) is 4.94. The van der Waals surface area contributed by atoms with Crippen LogP contribution in [0.4, 0.5) is 4.39 Å².